The van der Waals surface area contributed by atoms with E-state index in [4.69, 9.17) is 22.1 Å². The summed E-state index contributed by atoms with van der Waals surface area (Å²) in [5, 5.41) is 0.643. The fourth-order valence-corrected chi connectivity index (χ4v) is 2.09. The molecule has 0 unspecified atom stereocenters. The topological polar surface area (TPSA) is 55.6 Å². The first kappa shape index (κ1) is 15.2. The number of nitrogens with two attached hydrogens (primary N) is 1. The van der Waals surface area contributed by atoms with E-state index in [-0.39, 0.29) is 5.91 Å². The van der Waals surface area contributed by atoms with Gasteiger partial charge in [0.25, 0.3) is 5.91 Å². The molecule has 0 heterocycles. The third kappa shape index (κ3) is 3.47. The summed E-state index contributed by atoms with van der Waals surface area (Å²) >= 11 is 5.92. The quantitative estimate of drug-likeness (QED) is 0.879. The highest BCUT2D eigenvalue weighted by Gasteiger charge is 2.12. The van der Waals surface area contributed by atoms with Crippen LogP contribution in [0.3, 0.4) is 0 Å². The van der Waals surface area contributed by atoms with E-state index in [9.17, 15) is 4.79 Å². The molecule has 2 rings (SSSR count). The van der Waals surface area contributed by atoms with Crippen LogP contribution >= 0.6 is 11.6 Å². The Morgan fingerprint density at radius 2 is 1.86 bits per heavy atom. The number of hydrogen-bond acceptors (Lipinski definition) is 3. The summed E-state index contributed by atoms with van der Waals surface area (Å²) in [5.41, 5.74) is 7.81. The molecule has 0 saturated heterocycles. The molecule has 5 heteroatoms. The Bertz CT molecular complexity index is 684. The van der Waals surface area contributed by atoms with E-state index in [2.05, 4.69) is 0 Å². The van der Waals surface area contributed by atoms with Gasteiger partial charge < -0.3 is 15.4 Å². The number of benzene rings is 2. The van der Waals surface area contributed by atoms with Crippen LogP contribution < -0.4 is 10.5 Å². The van der Waals surface area contributed by atoms with Crippen molar-refractivity contribution in [2.24, 2.45) is 0 Å². The summed E-state index contributed by atoms with van der Waals surface area (Å²) in [5.74, 6) is 1.00. The molecule has 2 N–H and O–H groups in total. The first-order chi connectivity index (χ1) is 9.88. The average molecular weight is 305 g/mol. The predicted octanol–water partition coefficient (Wildman–Crippen LogP) is 3.72. The molecule has 0 atom stereocenters. The minimum absolute atomic E-state index is 0.104. The lowest BCUT2D eigenvalue weighted by Gasteiger charge is -2.14. The molecule has 2 aromatic carbocycles. The molecule has 0 spiro atoms. The molecule has 0 radical (unpaired) electrons. The van der Waals surface area contributed by atoms with Crippen molar-refractivity contribution in [1.82, 2.24) is 4.90 Å². The first-order valence-electron chi connectivity index (χ1n) is 6.43. The van der Waals surface area contributed by atoms with Crippen LogP contribution in [0.2, 0.25) is 5.02 Å². The molecule has 0 aromatic heterocycles. The van der Waals surface area contributed by atoms with E-state index >= 15 is 0 Å². The van der Waals surface area contributed by atoms with Crippen molar-refractivity contribution in [2.45, 2.75) is 6.92 Å². The lowest BCUT2D eigenvalue weighted by Crippen LogP contribution is -2.21. The summed E-state index contributed by atoms with van der Waals surface area (Å²) < 4.78 is 5.81. The van der Waals surface area contributed by atoms with E-state index < -0.39 is 0 Å². The van der Waals surface area contributed by atoms with E-state index in [1.165, 1.54) is 4.90 Å². The molecular formula is C16H17ClN2O2. The fraction of sp³-hybridized carbons (Fsp3) is 0.188. The Morgan fingerprint density at radius 3 is 2.48 bits per heavy atom. The van der Waals surface area contributed by atoms with Crippen molar-refractivity contribution in [1.29, 1.82) is 0 Å². The highest BCUT2D eigenvalue weighted by atomic mass is 35.5. The van der Waals surface area contributed by atoms with E-state index in [0.717, 1.165) is 5.56 Å². The SMILES string of the molecule is Cc1cc(Cl)ccc1Oc1cc(C(=O)N(C)C)ccc1N. The maximum absolute atomic E-state index is 12.0. The number of aryl methyl sites for hydroxylation is 1. The van der Waals surface area contributed by atoms with Gasteiger partial charge in [0.2, 0.25) is 0 Å². The van der Waals surface area contributed by atoms with Crippen LogP contribution in [0, 0.1) is 6.92 Å². The van der Waals surface area contributed by atoms with Crippen molar-refractivity contribution in [3.05, 3.63) is 52.5 Å². The van der Waals surface area contributed by atoms with Gasteiger partial charge in [-0.15, -0.1) is 0 Å². The largest absolute Gasteiger partial charge is 0.455 e. The smallest absolute Gasteiger partial charge is 0.253 e. The zero-order valence-corrected chi connectivity index (χ0v) is 12.9. The predicted molar refractivity (Wildman–Crippen MR) is 85.1 cm³/mol. The monoisotopic (exact) mass is 304 g/mol. The number of halogens is 1. The normalized spacial score (nSPS) is 10.3. The lowest BCUT2D eigenvalue weighted by molar-refractivity contribution is 0.0827. The van der Waals surface area contributed by atoms with Gasteiger partial charge in [0, 0.05) is 24.7 Å². The maximum atomic E-state index is 12.0. The van der Waals surface area contributed by atoms with E-state index in [0.29, 0.717) is 27.8 Å². The van der Waals surface area contributed by atoms with Gasteiger partial charge in [0.15, 0.2) is 5.75 Å². The molecule has 0 bridgehead atoms. The van der Waals surface area contributed by atoms with Crippen LogP contribution in [0.1, 0.15) is 15.9 Å². The minimum Gasteiger partial charge on any atom is -0.455 e. The molecule has 21 heavy (non-hydrogen) atoms. The molecule has 2 aromatic rings. The summed E-state index contributed by atoms with van der Waals surface area (Å²) in [6, 6.07) is 10.3. The van der Waals surface area contributed by atoms with Crippen LogP contribution in [0.4, 0.5) is 5.69 Å². The summed E-state index contributed by atoms with van der Waals surface area (Å²) in [7, 11) is 3.39. The van der Waals surface area contributed by atoms with Gasteiger partial charge in [0.05, 0.1) is 5.69 Å². The number of rotatable bonds is 3. The zero-order chi connectivity index (χ0) is 15.6. The number of carbonyl (C=O) groups is 1. The molecule has 110 valence electrons. The van der Waals surface area contributed by atoms with Gasteiger partial charge in [-0.3, -0.25) is 4.79 Å². The number of amides is 1. The first-order valence-corrected chi connectivity index (χ1v) is 6.81. The van der Waals surface area contributed by atoms with Crippen molar-refractivity contribution in [2.75, 3.05) is 19.8 Å². The van der Waals surface area contributed by atoms with Crippen LogP contribution in [-0.4, -0.2) is 24.9 Å². The zero-order valence-electron chi connectivity index (χ0n) is 12.2. The van der Waals surface area contributed by atoms with E-state index in [1.54, 1.807) is 44.4 Å². The second kappa shape index (κ2) is 6.06. The van der Waals surface area contributed by atoms with Gasteiger partial charge in [0.1, 0.15) is 5.75 Å². The molecule has 0 aliphatic rings. The molecule has 0 fully saturated rings. The van der Waals surface area contributed by atoms with Crippen LogP contribution in [0.15, 0.2) is 36.4 Å². The Hall–Kier alpha value is -2.20. The van der Waals surface area contributed by atoms with Crippen molar-refractivity contribution in [3.63, 3.8) is 0 Å². The Labute approximate surface area is 129 Å². The maximum Gasteiger partial charge on any atom is 0.253 e. The van der Waals surface area contributed by atoms with Crippen LogP contribution in [-0.2, 0) is 0 Å². The molecule has 0 aliphatic heterocycles. The summed E-state index contributed by atoms with van der Waals surface area (Å²) in [6.45, 7) is 1.90. The molecule has 0 aliphatic carbocycles. The molecule has 0 saturated carbocycles. The minimum atomic E-state index is -0.104. The van der Waals surface area contributed by atoms with Gasteiger partial charge in [-0.05, 0) is 48.9 Å². The van der Waals surface area contributed by atoms with Crippen LogP contribution in [0.5, 0.6) is 11.5 Å². The summed E-state index contributed by atoms with van der Waals surface area (Å²) in [4.78, 5) is 13.5. The number of nitrogen functional groups attached to an aromatic ring is 1. The Morgan fingerprint density at radius 1 is 1.14 bits per heavy atom. The number of ether oxygens (including phenoxy) is 1. The second-order valence-corrected chi connectivity index (χ2v) is 5.40. The number of carbonyl (C=O) groups excluding carboxylic acids is 1. The molecular weight excluding hydrogens is 288 g/mol. The number of nitrogens with zero attached hydrogens (tertiary/aromatic N) is 1. The Kier molecular flexibility index (Phi) is 4.38. The van der Waals surface area contributed by atoms with Crippen LogP contribution in [0.25, 0.3) is 0 Å². The van der Waals surface area contributed by atoms with Gasteiger partial charge in [-0.25, -0.2) is 0 Å². The molecule has 1 amide bonds. The number of hydrogen-bond donors (Lipinski definition) is 1. The standard InChI is InChI=1S/C16H17ClN2O2/c1-10-8-12(17)5-7-14(10)21-15-9-11(4-6-13(15)18)16(20)19(2)3/h4-9H,18H2,1-3H3. The highest BCUT2D eigenvalue weighted by molar-refractivity contribution is 6.30. The average Bonchev–Trinajstić information content (AvgIpc) is 2.43. The fourth-order valence-electron chi connectivity index (χ4n) is 1.86. The van der Waals surface area contributed by atoms with Crippen molar-refractivity contribution >= 4 is 23.2 Å². The Balaban J connectivity index is 2.35. The summed E-state index contributed by atoms with van der Waals surface area (Å²) in [6.07, 6.45) is 0. The van der Waals surface area contributed by atoms with Gasteiger partial charge >= 0.3 is 0 Å². The highest BCUT2D eigenvalue weighted by Crippen LogP contribution is 2.31. The lowest BCUT2D eigenvalue weighted by atomic mass is 10.1. The number of anilines is 1. The van der Waals surface area contributed by atoms with Crippen molar-refractivity contribution < 1.29 is 9.53 Å². The third-order valence-electron chi connectivity index (χ3n) is 3.02. The third-order valence-corrected chi connectivity index (χ3v) is 3.26. The van der Waals surface area contributed by atoms with E-state index in [1.807, 2.05) is 13.0 Å². The second-order valence-electron chi connectivity index (χ2n) is 4.96. The van der Waals surface area contributed by atoms with Gasteiger partial charge in [-0.1, -0.05) is 11.6 Å². The van der Waals surface area contributed by atoms with Gasteiger partial charge in [-0.2, -0.15) is 0 Å². The molecule has 4 nitrogen and oxygen atoms in total. The van der Waals surface area contributed by atoms with Crippen molar-refractivity contribution in [3.8, 4) is 11.5 Å².